The van der Waals surface area contributed by atoms with E-state index in [1.54, 1.807) is 0 Å². The second kappa shape index (κ2) is 14.0. The Morgan fingerprint density at radius 1 is 0.606 bits per heavy atom. The molecular formula is C26H46HfN2O2Si2. The molecule has 184 valence electrons. The molecule has 2 heterocycles. The van der Waals surface area contributed by atoms with E-state index in [2.05, 4.69) is 59.6 Å². The molecule has 0 unspecified atom stereocenters. The van der Waals surface area contributed by atoms with Crippen molar-refractivity contribution < 1.29 is 33.1 Å². The van der Waals surface area contributed by atoms with Gasteiger partial charge < -0.3 is 10.2 Å². The summed E-state index contributed by atoms with van der Waals surface area (Å²) in [6.45, 7) is 16.0. The van der Waals surface area contributed by atoms with Gasteiger partial charge in [0.1, 0.15) is 0 Å². The number of nitrogens with zero attached hydrogens (tertiary/aromatic N) is 2. The third-order valence-electron chi connectivity index (χ3n) is 7.78. The Morgan fingerprint density at radius 3 is 1.27 bits per heavy atom. The Hall–Kier alpha value is 0.104. The van der Waals surface area contributed by atoms with Gasteiger partial charge >= 0.3 is 194 Å². The Kier molecular flexibility index (Phi) is 12.4. The first-order valence-electron chi connectivity index (χ1n) is 12.8. The van der Waals surface area contributed by atoms with E-state index in [1.807, 2.05) is 17.1 Å². The SMILES string of the molecule is C[O-].C[O-].C[Si](C)(C1=[C]([Hf+2][C]2=C([Si](C)(C)N3CCCCC3)C=CC2)CC=C1)N1CCCCC1. The van der Waals surface area contributed by atoms with Crippen molar-refractivity contribution in [2.45, 2.75) is 77.6 Å². The van der Waals surface area contributed by atoms with E-state index < -0.39 is 39.4 Å². The summed E-state index contributed by atoms with van der Waals surface area (Å²) in [6, 6.07) is 0. The van der Waals surface area contributed by atoms with Crippen LogP contribution in [-0.2, 0) is 22.9 Å². The summed E-state index contributed by atoms with van der Waals surface area (Å²) in [5, 5.41) is 20.2. The van der Waals surface area contributed by atoms with Crippen LogP contribution in [0.4, 0.5) is 0 Å². The molecule has 0 aromatic carbocycles. The molecule has 4 nitrogen and oxygen atoms in total. The Labute approximate surface area is 217 Å². The van der Waals surface area contributed by atoms with E-state index in [4.69, 9.17) is 10.2 Å². The fourth-order valence-electron chi connectivity index (χ4n) is 5.82. The standard InChI is InChI=1S/2C12H20NSi.2CH3O.Hf/c2*1-14(2,12-8-4-5-9-12)13-10-6-3-7-11-13;2*1-2;/h2*4,8H,3,5-7,10-11H2,1-2H3;2*1H3;/q;;2*-1;+2. The molecule has 4 rings (SSSR count). The predicted octanol–water partition coefficient (Wildman–Crippen LogP) is 3.91. The second-order valence-electron chi connectivity index (χ2n) is 10.3. The van der Waals surface area contributed by atoms with Crippen molar-refractivity contribution in [1.29, 1.82) is 0 Å². The first kappa shape index (κ1) is 29.3. The molecule has 4 aliphatic rings. The van der Waals surface area contributed by atoms with Crippen LogP contribution in [0.2, 0.25) is 26.2 Å². The van der Waals surface area contributed by atoms with Crippen LogP contribution >= 0.6 is 0 Å². The molecule has 2 saturated heterocycles. The van der Waals surface area contributed by atoms with Gasteiger partial charge in [0, 0.05) is 0 Å². The molecule has 0 atom stereocenters. The van der Waals surface area contributed by atoms with Gasteiger partial charge in [-0.15, -0.1) is 0 Å². The van der Waals surface area contributed by atoms with Crippen LogP contribution in [0.15, 0.2) is 41.4 Å². The van der Waals surface area contributed by atoms with Gasteiger partial charge in [0.05, 0.1) is 0 Å². The Balaban J connectivity index is 0.000000914. The first-order valence-corrected chi connectivity index (χ1v) is 22.3. The molecule has 0 N–H and O–H groups in total. The van der Waals surface area contributed by atoms with Gasteiger partial charge in [-0.1, -0.05) is 0 Å². The number of allylic oxidation sites excluding steroid dienone is 8. The molecule has 2 aliphatic heterocycles. The number of hydrogen-bond acceptors (Lipinski definition) is 4. The van der Waals surface area contributed by atoms with Gasteiger partial charge in [-0.25, -0.2) is 0 Å². The maximum atomic E-state index is 8.25. The van der Waals surface area contributed by atoms with E-state index in [-0.39, 0.29) is 0 Å². The van der Waals surface area contributed by atoms with Crippen LogP contribution in [0.3, 0.4) is 0 Å². The summed E-state index contributed by atoms with van der Waals surface area (Å²) in [5.74, 6) is 0. The summed E-state index contributed by atoms with van der Waals surface area (Å²) in [7, 11) is -1.44. The average molecular weight is 653 g/mol. The number of rotatable bonds is 6. The van der Waals surface area contributed by atoms with Crippen LogP contribution < -0.4 is 10.2 Å². The van der Waals surface area contributed by atoms with Crippen molar-refractivity contribution in [3.8, 4) is 0 Å². The molecule has 33 heavy (non-hydrogen) atoms. The van der Waals surface area contributed by atoms with E-state index in [0.29, 0.717) is 0 Å². The van der Waals surface area contributed by atoms with Crippen LogP contribution in [0.1, 0.15) is 51.4 Å². The molecule has 0 aromatic rings. The van der Waals surface area contributed by atoms with Gasteiger partial charge in [-0.3, -0.25) is 0 Å². The molecule has 0 bridgehead atoms. The molecule has 7 heteroatoms. The topological polar surface area (TPSA) is 52.6 Å². The minimum absolute atomic E-state index is 0.750. The molecule has 2 fully saturated rings. The summed E-state index contributed by atoms with van der Waals surface area (Å²) in [4.78, 5) is 0. The zero-order valence-corrected chi connectivity index (χ0v) is 27.6. The third kappa shape index (κ3) is 7.08. The molecule has 0 aromatic heterocycles. The van der Waals surface area contributed by atoms with Crippen molar-refractivity contribution in [2.75, 3.05) is 40.4 Å². The van der Waals surface area contributed by atoms with Crippen LogP contribution in [0, 0.1) is 0 Å². The Morgan fingerprint density at radius 2 is 0.939 bits per heavy atom. The van der Waals surface area contributed by atoms with E-state index >= 15 is 0 Å². The van der Waals surface area contributed by atoms with Gasteiger partial charge in [0.2, 0.25) is 0 Å². The van der Waals surface area contributed by atoms with E-state index in [1.165, 1.54) is 77.5 Å². The van der Waals surface area contributed by atoms with Crippen molar-refractivity contribution >= 4 is 16.5 Å². The van der Waals surface area contributed by atoms with Gasteiger partial charge in [-0.05, 0) is 0 Å². The number of piperidine rings is 2. The van der Waals surface area contributed by atoms with Gasteiger partial charge in [0.25, 0.3) is 0 Å². The molecule has 0 amide bonds. The molecule has 0 radical (unpaired) electrons. The normalized spacial score (nSPS) is 22.1. The van der Waals surface area contributed by atoms with Crippen molar-refractivity contribution in [3.63, 3.8) is 0 Å². The van der Waals surface area contributed by atoms with E-state index in [0.717, 1.165) is 14.2 Å². The Bertz CT molecular complexity index is 685. The van der Waals surface area contributed by atoms with Gasteiger partial charge in [-0.2, -0.15) is 14.2 Å². The van der Waals surface area contributed by atoms with Crippen LogP contribution in [0.25, 0.3) is 0 Å². The summed E-state index contributed by atoms with van der Waals surface area (Å²) in [6.07, 6.45) is 21.3. The zero-order valence-electron chi connectivity index (χ0n) is 22.0. The summed E-state index contributed by atoms with van der Waals surface area (Å²) >= 11 is -0.930. The first-order chi connectivity index (χ1) is 15.9. The molecular weight excluding hydrogens is 607 g/mol. The fourth-order valence-corrected chi connectivity index (χ4v) is 24.2. The zero-order chi connectivity index (χ0) is 24.5. The third-order valence-corrected chi connectivity index (χ3v) is 22.8. The van der Waals surface area contributed by atoms with Crippen LogP contribution in [0.5, 0.6) is 0 Å². The quantitative estimate of drug-likeness (QED) is 0.409. The van der Waals surface area contributed by atoms with Crippen molar-refractivity contribution in [1.82, 2.24) is 9.13 Å². The van der Waals surface area contributed by atoms with Crippen molar-refractivity contribution in [3.05, 3.63) is 41.4 Å². The van der Waals surface area contributed by atoms with Crippen molar-refractivity contribution in [2.24, 2.45) is 0 Å². The monoisotopic (exact) mass is 654 g/mol. The van der Waals surface area contributed by atoms with Gasteiger partial charge in [0.15, 0.2) is 0 Å². The van der Waals surface area contributed by atoms with Crippen LogP contribution in [-0.4, -0.2) is 66.0 Å². The molecule has 2 aliphatic carbocycles. The van der Waals surface area contributed by atoms with E-state index in [9.17, 15) is 0 Å². The number of hydrogen-bond donors (Lipinski definition) is 0. The summed E-state index contributed by atoms with van der Waals surface area (Å²) < 4.78 is 9.73. The molecule has 0 saturated carbocycles. The molecule has 0 spiro atoms. The summed E-state index contributed by atoms with van der Waals surface area (Å²) in [5.41, 5.74) is 0. The maximum absolute atomic E-state index is 8.25. The predicted molar refractivity (Wildman–Crippen MR) is 139 cm³/mol. The fraction of sp³-hybridized carbons (Fsp3) is 0.692. The minimum atomic E-state index is -1.47. The second-order valence-corrected chi connectivity index (χ2v) is 24.1. The average Bonchev–Trinajstić information content (AvgIpc) is 3.53.